The number of benzene rings is 3. The number of pyridine rings is 2. The van der Waals surface area contributed by atoms with Crippen LogP contribution in [0.5, 0.6) is 0 Å². The zero-order valence-electron chi connectivity index (χ0n) is 35.7. The van der Waals surface area contributed by atoms with E-state index < -0.39 is 4.96 Å². The Labute approximate surface area is 392 Å². The smallest absolute Gasteiger partial charge is 0.394 e. The van der Waals surface area contributed by atoms with E-state index in [0.29, 0.717) is 98.4 Å². The zero-order chi connectivity index (χ0) is 45.8. The third-order valence-electron chi connectivity index (χ3n) is 9.78. The standard InChI is InChI=1S/C26H27ClN4O2.C19H21ClN4O2.BCl3/c1-17(2)20-9-11-21(12-10-20)29-26(32)22-15-28-25-23(24(22)27)18(3)30-31(25)13-14-33-16-19-7-5-4-6-8-19;1-11(2)13-4-6-14(7-5-13)22-19(26)15-10-21-18-16(17(15)20)12(3)23-24(18)8-9-25;2-1(3)4/h4-12,15,17H,13-14,16H2,1-3H3,(H,29,32);4-7,10-11,25H,8-9H2,1-3H3,(H,22,26);. The molecule has 0 saturated heterocycles. The maximum absolute atomic E-state index is 12.9. The van der Waals surface area contributed by atoms with Gasteiger partial charge in [0.2, 0.25) is 0 Å². The molecule has 7 rings (SSSR count). The van der Waals surface area contributed by atoms with E-state index in [1.165, 1.54) is 23.5 Å². The van der Waals surface area contributed by atoms with Crippen molar-refractivity contribution in [3.05, 3.63) is 141 Å². The van der Waals surface area contributed by atoms with Gasteiger partial charge in [0.15, 0.2) is 11.3 Å². The number of anilines is 2. The first-order valence-electron chi connectivity index (χ1n) is 20.1. The second kappa shape index (κ2) is 23.3. The summed E-state index contributed by atoms with van der Waals surface area (Å²) < 4.78 is 9.14. The Morgan fingerprint density at radius 1 is 0.683 bits per heavy atom. The predicted molar refractivity (Wildman–Crippen MR) is 258 cm³/mol. The molecule has 3 N–H and O–H groups in total. The van der Waals surface area contributed by atoms with Crippen molar-refractivity contribution in [2.24, 2.45) is 0 Å². The lowest BCUT2D eigenvalue weighted by Gasteiger charge is -2.10. The van der Waals surface area contributed by atoms with Gasteiger partial charge in [-0.05, 0) is 66.6 Å². The molecule has 0 aliphatic rings. The molecule has 18 heteroatoms. The van der Waals surface area contributed by atoms with Crippen LogP contribution in [0.1, 0.15) is 88.3 Å². The number of aliphatic hydroxyl groups excluding tert-OH is 1. The van der Waals surface area contributed by atoms with Gasteiger partial charge in [0.25, 0.3) is 11.8 Å². The van der Waals surface area contributed by atoms with Crippen molar-refractivity contribution in [1.29, 1.82) is 0 Å². The quantitative estimate of drug-likeness (QED) is 0.0764. The van der Waals surface area contributed by atoms with E-state index in [9.17, 15) is 9.59 Å². The molecule has 0 atom stereocenters. The van der Waals surface area contributed by atoms with Crippen LogP contribution in [0.2, 0.25) is 10.0 Å². The SMILES string of the molecule is Cc1nn(CCO)c2ncc(C(=O)Nc3ccc(C(C)C)cc3)c(Cl)c12.Cc1nn(CCOCc2ccccc2)c2ncc(C(=O)Nc3ccc(C(C)C)cc3)c(Cl)c12.ClB(Cl)Cl. The second-order valence-corrected chi connectivity index (χ2v) is 17.7. The normalized spacial score (nSPS) is 11.0. The summed E-state index contributed by atoms with van der Waals surface area (Å²) in [4.78, 5) is 33.6. The highest BCUT2D eigenvalue weighted by atomic mass is 35.6. The van der Waals surface area contributed by atoms with Crippen molar-refractivity contribution in [3.8, 4) is 0 Å². The predicted octanol–water partition coefficient (Wildman–Crippen LogP) is 11.4. The van der Waals surface area contributed by atoms with E-state index in [0.717, 1.165) is 11.3 Å². The molecule has 0 unspecified atom stereocenters. The number of aryl methyl sites for hydroxylation is 2. The van der Waals surface area contributed by atoms with Crippen LogP contribution in [0.3, 0.4) is 0 Å². The minimum absolute atomic E-state index is 0.0515. The third kappa shape index (κ3) is 13.2. The summed E-state index contributed by atoms with van der Waals surface area (Å²) in [5.74, 6) is 0.235. The molecule has 7 aromatic rings. The average Bonchev–Trinajstić information content (AvgIpc) is 3.75. The van der Waals surface area contributed by atoms with E-state index in [-0.39, 0.29) is 18.4 Å². The van der Waals surface area contributed by atoms with Gasteiger partial charge in [-0.2, -0.15) is 44.6 Å². The summed E-state index contributed by atoms with van der Waals surface area (Å²) in [6, 6.07) is 25.6. The molecule has 0 aliphatic carbocycles. The number of nitrogens with one attached hydrogen (secondary N) is 2. The monoisotopic (exact) mass is 950 g/mol. The van der Waals surface area contributed by atoms with Gasteiger partial charge in [-0.15, -0.1) is 0 Å². The number of fused-ring (bicyclic) bond motifs is 2. The Hall–Kier alpha value is -4.73. The second-order valence-electron chi connectivity index (χ2n) is 15.0. The van der Waals surface area contributed by atoms with Crippen LogP contribution in [0.25, 0.3) is 22.1 Å². The summed E-state index contributed by atoms with van der Waals surface area (Å²) in [5.41, 5.74) is 8.14. The lowest BCUT2D eigenvalue weighted by Crippen LogP contribution is -2.13. The summed E-state index contributed by atoms with van der Waals surface area (Å²) in [6.45, 7) is 14.0. The molecule has 0 fully saturated rings. The summed E-state index contributed by atoms with van der Waals surface area (Å²) in [6.07, 6.45) is 2.95. The Morgan fingerprint density at radius 2 is 1.10 bits per heavy atom. The third-order valence-corrected chi connectivity index (χ3v) is 10.6. The van der Waals surface area contributed by atoms with Crippen molar-refractivity contribution in [1.82, 2.24) is 29.5 Å². The number of ether oxygens (including phenoxy) is 1. The summed E-state index contributed by atoms with van der Waals surface area (Å²) >= 11 is 27.5. The number of aromatic nitrogens is 6. The lowest BCUT2D eigenvalue weighted by atomic mass is 10.0. The first-order chi connectivity index (χ1) is 30.1. The Balaban J connectivity index is 0.000000224. The van der Waals surface area contributed by atoms with Crippen LogP contribution >= 0.6 is 57.6 Å². The first kappa shape index (κ1) is 49.3. The van der Waals surface area contributed by atoms with Crippen LogP contribution in [-0.2, 0) is 24.4 Å². The topological polar surface area (TPSA) is 149 Å². The molecule has 63 heavy (non-hydrogen) atoms. The van der Waals surface area contributed by atoms with Crippen LogP contribution in [-0.4, -0.2) is 64.6 Å². The number of halogens is 5. The molecule has 12 nitrogen and oxygen atoms in total. The molecule has 4 aromatic heterocycles. The number of carbonyl (C=O) groups is 2. The van der Waals surface area contributed by atoms with Crippen molar-refractivity contribution in [3.63, 3.8) is 0 Å². The molecule has 0 spiro atoms. The fraction of sp³-hybridized carbons (Fsp3) is 0.289. The largest absolute Gasteiger partial charge is 0.450 e. The fourth-order valence-electron chi connectivity index (χ4n) is 6.49. The van der Waals surface area contributed by atoms with Crippen molar-refractivity contribution >= 4 is 108 Å². The van der Waals surface area contributed by atoms with Gasteiger partial charge in [0.1, 0.15) is 0 Å². The lowest BCUT2D eigenvalue weighted by molar-refractivity contribution is 0.101. The number of aliphatic hydroxyl groups is 1. The minimum Gasteiger partial charge on any atom is -0.394 e. The molecule has 4 heterocycles. The maximum atomic E-state index is 12.9. The molecule has 0 aliphatic heterocycles. The number of carbonyl (C=O) groups excluding carboxylic acids is 2. The molecule has 3 aromatic carbocycles. The summed E-state index contributed by atoms with van der Waals surface area (Å²) in [7, 11) is 0. The van der Waals surface area contributed by atoms with Gasteiger partial charge in [0.05, 0.1) is 76.2 Å². The number of nitrogens with zero attached hydrogens (tertiary/aromatic N) is 6. The average molecular weight is 953 g/mol. The summed E-state index contributed by atoms with van der Waals surface area (Å²) in [5, 5.41) is 25.8. The molecule has 0 saturated carbocycles. The minimum atomic E-state index is -0.750. The van der Waals surface area contributed by atoms with E-state index >= 15 is 0 Å². The Bertz CT molecular complexity index is 2620. The van der Waals surface area contributed by atoms with Crippen LogP contribution in [0.15, 0.2) is 91.3 Å². The Kier molecular flexibility index (Phi) is 18.2. The van der Waals surface area contributed by atoms with Gasteiger partial charge < -0.3 is 20.5 Å². The maximum Gasteiger partial charge on any atom is 0.450 e. The van der Waals surface area contributed by atoms with Crippen LogP contribution in [0, 0.1) is 13.8 Å². The van der Waals surface area contributed by atoms with Crippen molar-refractivity contribution in [2.45, 2.75) is 73.1 Å². The highest BCUT2D eigenvalue weighted by Gasteiger charge is 2.21. The molecule has 0 radical (unpaired) electrons. The van der Waals surface area contributed by atoms with Crippen LogP contribution < -0.4 is 10.6 Å². The van der Waals surface area contributed by atoms with E-state index in [1.807, 2.05) is 85.8 Å². The van der Waals surface area contributed by atoms with Crippen molar-refractivity contribution < 1.29 is 19.4 Å². The highest BCUT2D eigenvalue weighted by Crippen LogP contribution is 2.31. The number of hydrogen-bond acceptors (Lipinski definition) is 8. The molecular formula is C45H48BCl5N8O4. The number of hydrogen-bond donors (Lipinski definition) is 3. The number of amides is 2. The van der Waals surface area contributed by atoms with Crippen LogP contribution in [0.4, 0.5) is 11.4 Å². The van der Waals surface area contributed by atoms with Crippen molar-refractivity contribution in [2.75, 3.05) is 23.8 Å². The molecule has 0 bridgehead atoms. The molecule has 2 amide bonds. The van der Waals surface area contributed by atoms with Gasteiger partial charge in [0, 0.05) is 23.8 Å². The highest BCUT2D eigenvalue weighted by molar-refractivity contribution is 7.54. The van der Waals surface area contributed by atoms with Gasteiger partial charge in [-0.3, -0.25) is 9.59 Å². The van der Waals surface area contributed by atoms with E-state index in [2.05, 4.69) is 58.5 Å². The van der Waals surface area contributed by atoms with Gasteiger partial charge in [-0.1, -0.05) is 105 Å². The van der Waals surface area contributed by atoms with Gasteiger partial charge in [-0.25, -0.2) is 19.3 Å². The Morgan fingerprint density at radius 3 is 1.49 bits per heavy atom. The zero-order valence-corrected chi connectivity index (χ0v) is 39.5. The van der Waals surface area contributed by atoms with E-state index in [1.54, 1.807) is 16.3 Å². The molecular weight excluding hydrogens is 905 g/mol. The fourth-order valence-corrected chi connectivity index (χ4v) is 7.20. The first-order valence-corrected chi connectivity index (χ1v) is 22.2. The number of rotatable bonds is 13. The molecule has 330 valence electrons. The van der Waals surface area contributed by atoms with E-state index in [4.69, 9.17) is 67.4 Å². The van der Waals surface area contributed by atoms with Gasteiger partial charge >= 0.3 is 4.96 Å².